The third-order valence-electron chi connectivity index (χ3n) is 2.38. The maximum absolute atomic E-state index is 12.1. The number of alkyl halides is 3. The van der Waals surface area contributed by atoms with Crippen molar-refractivity contribution in [2.24, 2.45) is 7.05 Å². The SMILES string of the molecule is Cc1nn(C)c2ncc(NC(=O)C(F)(F)F)cc12. The Balaban J connectivity index is 2.36. The van der Waals surface area contributed by atoms with E-state index >= 15 is 0 Å². The normalized spacial score (nSPS) is 11.8. The lowest BCUT2D eigenvalue weighted by atomic mass is 10.2. The number of hydrogen-bond donors (Lipinski definition) is 1. The first-order valence-electron chi connectivity index (χ1n) is 4.96. The van der Waals surface area contributed by atoms with E-state index in [4.69, 9.17) is 0 Å². The number of aromatic nitrogens is 3. The van der Waals surface area contributed by atoms with Gasteiger partial charge in [0.25, 0.3) is 0 Å². The van der Waals surface area contributed by atoms with Crippen LogP contribution in [0, 0.1) is 6.92 Å². The molecule has 0 aliphatic heterocycles. The molecule has 96 valence electrons. The van der Waals surface area contributed by atoms with Crippen LogP contribution in [-0.2, 0) is 11.8 Å². The van der Waals surface area contributed by atoms with Crippen LogP contribution >= 0.6 is 0 Å². The minimum absolute atomic E-state index is 0.0130. The van der Waals surface area contributed by atoms with Crippen molar-refractivity contribution >= 4 is 22.6 Å². The molecule has 0 saturated heterocycles. The van der Waals surface area contributed by atoms with Crippen molar-refractivity contribution < 1.29 is 18.0 Å². The maximum Gasteiger partial charge on any atom is 0.471 e. The first-order valence-corrected chi connectivity index (χ1v) is 4.96. The zero-order valence-corrected chi connectivity index (χ0v) is 9.54. The van der Waals surface area contributed by atoms with E-state index in [0.29, 0.717) is 16.7 Å². The number of fused-ring (bicyclic) bond motifs is 1. The number of pyridine rings is 1. The Hall–Kier alpha value is -2.12. The van der Waals surface area contributed by atoms with Crippen LogP contribution < -0.4 is 5.32 Å². The number of hydrogen-bond acceptors (Lipinski definition) is 3. The van der Waals surface area contributed by atoms with Gasteiger partial charge in [-0.3, -0.25) is 9.48 Å². The number of rotatable bonds is 1. The molecule has 1 N–H and O–H groups in total. The predicted octanol–water partition coefficient (Wildman–Crippen LogP) is 1.78. The summed E-state index contributed by atoms with van der Waals surface area (Å²) < 4.78 is 37.8. The molecule has 1 amide bonds. The van der Waals surface area contributed by atoms with Gasteiger partial charge in [-0.15, -0.1) is 0 Å². The number of carbonyl (C=O) groups excluding carboxylic acids is 1. The smallest absolute Gasteiger partial charge is 0.317 e. The zero-order chi connectivity index (χ0) is 13.5. The van der Waals surface area contributed by atoms with Gasteiger partial charge in [0.15, 0.2) is 5.65 Å². The molecular formula is C10H9F3N4O. The molecule has 0 aliphatic carbocycles. The second kappa shape index (κ2) is 3.97. The van der Waals surface area contributed by atoms with Crippen molar-refractivity contribution in [2.45, 2.75) is 13.1 Å². The quantitative estimate of drug-likeness (QED) is 0.848. The van der Waals surface area contributed by atoms with Gasteiger partial charge >= 0.3 is 12.1 Å². The minimum Gasteiger partial charge on any atom is -0.317 e. The molecule has 0 aromatic carbocycles. The summed E-state index contributed by atoms with van der Waals surface area (Å²) in [5.41, 5.74) is 1.15. The summed E-state index contributed by atoms with van der Waals surface area (Å²) in [5.74, 6) is -2.02. The Labute approximate surface area is 99.6 Å². The van der Waals surface area contributed by atoms with Crippen molar-refractivity contribution in [3.8, 4) is 0 Å². The molecule has 18 heavy (non-hydrogen) atoms. The highest BCUT2D eigenvalue weighted by Gasteiger charge is 2.38. The molecule has 0 spiro atoms. The number of amides is 1. The molecular weight excluding hydrogens is 249 g/mol. The van der Waals surface area contributed by atoms with Crippen LogP contribution in [-0.4, -0.2) is 26.8 Å². The van der Waals surface area contributed by atoms with Gasteiger partial charge in [-0.1, -0.05) is 0 Å². The van der Waals surface area contributed by atoms with Gasteiger partial charge in [-0.05, 0) is 13.0 Å². The van der Waals surface area contributed by atoms with Gasteiger partial charge in [0, 0.05) is 12.4 Å². The fourth-order valence-electron chi connectivity index (χ4n) is 1.58. The third kappa shape index (κ3) is 2.13. The number of aryl methyl sites for hydroxylation is 2. The molecule has 5 nitrogen and oxygen atoms in total. The summed E-state index contributed by atoms with van der Waals surface area (Å²) in [5, 5.41) is 6.42. The van der Waals surface area contributed by atoms with E-state index in [9.17, 15) is 18.0 Å². The molecule has 2 aromatic rings. The molecule has 0 saturated carbocycles. The lowest BCUT2D eigenvalue weighted by Gasteiger charge is -2.07. The number of carbonyl (C=O) groups is 1. The summed E-state index contributed by atoms with van der Waals surface area (Å²) in [6, 6.07) is 1.41. The van der Waals surface area contributed by atoms with E-state index < -0.39 is 12.1 Å². The van der Waals surface area contributed by atoms with Crippen LogP contribution in [0.5, 0.6) is 0 Å². The molecule has 2 rings (SSSR count). The summed E-state index contributed by atoms with van der Waals surface area (Å²) in [4.78, 5) is 14.7. The Kier molecular flexibility index (Phi) is 2.72. The van der Waals surface area contributed by atoms with Gasteiger partial charge in [0.1, 0.15) is 0 Å². The highest BCUT2D eigenvalue weighted by molar-refractivity contribution is 5.96. The molecule has 0 unspecified atom stereocenters. The van der Waals surface area contributed by atoms with Gasteiger partial charge in [0.2, 0.25) is 0 Å². The minimum atomic E-state index is -4.92. The van der Waals surface area contributed by atoms with Crippen LogP contribution in [0.2, 0.25) is 0 Å². The number of nitrogens with zero attached hydrogens (tertiary/aromatic N) is 3. The predicted molar refractivity (Wildman–Crippen MR) is 57.9 cm³/mol. The molecule has 2 aromatic heterocycles. The average Bonchev–Trinajstić information content (AvgIpc) is 2.53. The van der Waals surface area contributed by atoms with Gasteiger partial charge in [-0.2, -0.15) is 18.3 Å². The highest BCUT2D eigenvalue weighted by Crippen LogP contribution is 2.22. The lowest BCUT2D eigenvalue weighted by molar-refractivity contribution is -0.167. The molecule has 8 heteroatoms. The average molecular weight is 258 g/mol. The Morgan fingerprint density at radius 2 is 2.11 bits per heavy atom. The van der Waals surface area contributed by atoms with E-state index in [1.807, 2.05) is 0 Å². The zero-order valence-electron chi connectivity index (χ0n) is 9.54. The van der Waals surface area contributed by atoms with E-state index in [0.717, 1.165) is 6.20 Å². The van der Waals surface area contributed by atoms with Gasteiger partial charge in [0.05, 0.1) is 17.6 Å². The number of nitrogens with one attached hydrogen (secondary N) is 1. The molecule has 0 bridgehead atoms. The molecule has 0 fully saturated rings. The van der Waals surface area contributed by atoms with Crippen molar-refractivity contribution in [2.75, 3.05) is 5.32 Å². The van der Waals surface area contributed by atoms with E-state index in [2.05, 4.69) is 10.1 Å². The summed E-state index contributed by atoms with van der Waals surface area (Å²) in [6.07, 6.45) is -3.76. The second-order valence-electron chi connectivity index (χ2n) is 3.76. The number of halogens is 3. The number of anilines is 1. The topological polar surface area (TPSA) is 59.8 Å². The summed E-state index contributed by atoms with van der Waals surface area (Å²) in [7, 11) is 1.68. The first-order chi connectivity index (χ1) is 8.29. The van der Waals surface area contributed by atoms with Gasteiger partial charge in [-0.25, -0.2) is 4.98 Å². The van der Waals surface area contributed by atoms with Crippen molar-refractivity contribution in [3.63, 3.8) is 0 Å². The largest absolute Gasteiger partial charge is 0.471 e. The van der Waals surface area contributed by atoms with Crippen LogP contribution in [0.3, 0.4) is 0 Å². The summed E-state index contributed by atoms with van der Waals surface area (Å²) >= 11 is 0. The van der Waals surface area contributed by atoms with E-state index in [1.165, 1.54) is 10.7 Å². The highest BCUT2D eigenvalue weighted by atomic mass is 19.4. The molecule has 0 radical (unpaired) electrons. The van der Waals surface area contributed by atoms with Crippen LogP contribution in [0.25, 0.3) is 11.0 Å². The van der Waals surface area contributed by atoms with Crippen molar-refractivity contribution in [3.05, 3.63) is 18.0 Å². The molecule has 2 heterocycles. The summed E-state index contributed by atoms with van der Waals surface area (Å²) in [6.45, 7) is 1.71. The third-order valence-corrected chi connectivity index (χ3v) is 2.38. The van der Waals surface area contributed by atoms with Gasteiger partial charge < -0.3 is 5.32 Å². The van der Waals surface area contributed by atoms with Crippen LogP contribution in [0.4, 0.5) is 18.9 Å². The van der Waals surface area contributed by atoms with Crippen molar-refractivity contribution in [1.29, 1.82) is 0 Å². The Morgan fingerprint density at radius 1 is 1.44 bits per heavy atom. The Bertz CT molecular complexity index is 617. The second-order valence-corrected chi connectivity index (χ2v) is 3.76. The van der Waals surface area contributed by atoms with Crippen LogP contribution in [0.15, 0.2) is 12.3 Å². The molecule has 0 atom stereocenters. The lowest BCUT2D eigenvalue weighted by Crippen LogP contribution is -2.29. The monoisotopic (exact) mass is 258 g/mol. The first kappa shape index (κ1) is 12.3. The Morgan fingerprint density at radius 3 is 2.72 bits per heavy atom. The fraction of sp³-hybridized carbons (Fsp3) is 0.300. The van der Waals surface area contributed by atoms with E-state index in [-0.39, 0.29) is 5.69 Å². The standard InChI is InChI=1S/C10H9F3N4O/c1-5-7-3-6(15-9(18)10(11,12)13)4-14-8(7)17(2)16-5/h3-4H,1-2H3,(H,15,18). The van der Waals surface area contributed by atoms with Crippen molar-refractivity contribution in [1.82, 2.24) is 14.8 Å². The maximum atomic E-state index is 12.1. The fourth-order valence-corrected chi connectivity index (χ4v) is 1.58. The van der Waals surface area contributed by atoms with E-state index in [1.54, 1.807) is 19.3 Å². The van der Waals surface area contributed by atoms with Crippen LogP contribution in [0.1, 0.15) is 5.69 Å². The molecule has 0 aliphatic rings.